The van der Waals surface area contributed by atoms with Gasteiger partial charge in [-0.2, -0.15) is 0 Å². The van der Waals surface area contributed by atoms with E-state index in [1.165, 1.54) is 32.7 Å². The SMILES string of the molecule is c1ccc(-c2ccc3ccc(-c4nc(-c5ccc6ccc7ccccc7c6c5)nc(-c5cccc6oc7ccccc7c56)n4)cc3c2)cc1. The molecule has 10 aromatic rings. The van der Waals surface area contributed by atoms with Gasteiger partial charge < -0.3 is 4.42 Å². The molecular weight excluding hydrogens is 599 g/mol. The molecule has 228 valence electrons. The molecule has 0 aliphatic carbocycles. The summed E-state index contributed by atoms with van der Waals surface area (Å²) in [6.07, 6.45) is 0. The fourth-order valence-corrected chi connectivity index (χ4v) is 7.05. The van der Waals surface area contributed by atoms with E-state index < -0.39 is 0 Å². The molecule has 49 heavy (non-hydrogen) atoms. The summed E-state index contributed by atoms with van der Waals surface area (Å²) in [7, 11) is 0. The first-order valence-corrected chi connectivity index (χ1v) is 16.4. The Bertz CT molecular complexity index is 2890. The molecule has 0 bridgehead atoms. The maximum Gasteiger partial charge on any atom is 0.164 e. The number of aromatic nitrogens is 3. The Morgan fingerprint density at radius 3 is 1.76 bits per heavy atom. The molecule has 4 heteroatoms. The maximum atomic E-state index is 6.26. The van der Waals surface area contributed by atoms with Crippen LogP contribution in [0, 0.1) is 0 Å². The summed E-state index contributed by atoms with van der Waals surface area (Å²) < 4.78 is 6.26. The Hall–Kier alpha value is -6.65. The highest BCUT2D eigenvalue weighted by Gasteiger charge is 2.18. The second-order valence-electron chi connectivity index (χ2n) is 12.4. The minimum atomic E-state index is 0.605. The molecule has 0 N–H and O–H groups in total. The van der Waals surface area contributed by atoms with Crippen molar-refractivity contribution in [3.05, 3.63) is 164 Å². The summed E-state index contributed by atoms with van der Waals surface area (Å²) in [6, 6.07) is 57.0. The number of furan rings is 1. The lowest BCUT2D eigenvalue weighted by atomic mass is 9.99. The Kier molecular flexibility index (Phi) is 6.15. The van der Waals surface area contributed by atoms with Gasteiger partial charge in [-0.25, -0.2) is 15.0 Å². The van der Waals surface area contributed by atoms with Gasteiger partial charge in [-0.15, -0.1) is 0 Å². The zero-order valence-electron chi connectivity index (χ0n) is 26.3. The van der Waals surface area contributed by atoms with Crippen LogP contribution in [0.5, 0.6) is 0 Å². The smallest absolute Gasteiger partial charge is 0.164 e. The minimum absolute atomic E-state index is 0.605. The average Bonchev–Trinajstić information content (AvgIpc) is 3.56. The Balaban J connectivity index is 1.21. The molecule has 2 aromatic heterocycles. The molecule has 0 unspecified atom stereocenters. The van der Waals surface area contributed by atoms with Crippen molar-refractivity contribution in [2.45, 2.75) is 0 Å². The average molecular weight is 626 g/mol. The quantitative estimate of drug-likeness (QED) is 0.183. The Morgan fingerprint density at radius 2 is 0.918 bits per heavy atom. The molecule has 0 spiro atoms. The highest BCUT2D eigenvalue weighted by molar-refractivity contribution is 6.12. The van der Waals surface area contributed by atoms with Gasteiger partial charge in [0, 0.05) is 27.5 Å². The first-order chi connectivity index (χ1) is 24.2. The molecule has 0 saturated carbocycles. The van der Waals surface area contributed by atoms with Crippen LogP contribution in [0.3, 0.4) is 0 Å². The van der Waals surface area contributed by atoms with Gasteiger partial charge in [-0.05, 0) is 73.8 Å². The zero-order valence-corrected chi connectivity index (χ0v) is 26.3. The Labute approximate surface area is 282 Å². The highest BCUT2D eigenvalue weighted by atomic mass is 16.3. The summed E-state index contributed by atoms with van der Waals surface area (Å²) >= 11 is 0. The third-order valence-corrected chi connectivity index (χ3v) is 9.49. The van der Waals surface area contributed by atoms with Crippen LogP contribution in [0.15, 0.2) is 168 Å². The molecule has 0 fully saturated rings. The summed E-state index contributed by atoms with van der Waals surface area (Å²) in [5, 5.41) is 9.07. The molecular formula is C45H27N3O. The summed E-state index contributed by atoms with van der Waals surface area (Å²) in [6.45, 7) is 0. The van der Waals surface area contributed by atoms with Crippen molar-refractivity contribution in [3.63, 3.8) is 0 Å². The van der Waals surface area contributed by atoms with Gasteiger partial charge in [-0.1, -0.05) is 133 Å². The van der Waals surface area contributed by atoms with E-state index in [1.807, 2.05) is 36.4 Å². The van der Waals surface area contributed by atoms with E-state index in [2.05, 4.69) is 127 Å². The maximum absolute atomic E-state index is 6.26. The van der Waals surface area contributed by atoms with Crippen molar-refractivity contribution in [1.82, 2.24) is 15.0 Å². The first-order valence-electron chi connectivity index (χ1n) is 16.4. The Morgan fingerprint density at radius 1 is 0.327 bits per heavy atom. The summed E-state index contributed by atoms with van der Waals surface area (Å²) in [5.74, 6) is 1.85. The number of rotatable bonds is 4. The van der Waals surface area contributed by atoms with Crippen molar-refractivity contribution in [2.75, 3.05) is 0 Å². The predicted octanol–water partition coefficient (Wildman–Crippen LogP) is 11.9. The van der Waals surface area contributed by atoms with Crippen LogP contribution in [-0.4, -0.2) is 15.0 Å². The number of hydrogen-bond acceptors (Lipinski definition) is 4. The standard InChI is InChI=1S/C45H27N3O/c1-2-9-28(10-3-1)32-22-17-29-18-23-33(26-35(29)25-32)43-46-44(34-24-21-31-20-19-30-11-4-5-12-36(30)39(31)27-34)48-45(47-43)38-14-8-16-41-42(38)37-13-6-7-15-40(37)49-41/h1-27H. The van der Waals surface area contributed by atoms with E-state index in [-0.39, 0.29) is 0 Å². The second-order valence-corrected chi connectivity index (χ2v) is 12.4. The summed E-state index contributed by atoms with van der Waals surface area (Å²) in [4.78, 5) is 15.5. The van der Waals surface area contributed by atoms with Crippen LogP contribution < -0.4 is 0 Å². The van der Waals surface area contributed by atoms with E-state index >= 15 is 0 Å². The van der Waals surface area contributed by atoms with Gasteiger partial charge in [0.15, 0.2) is 17.5 Å². The largest absolute Gasteiger partial charge is 0.456 e. The van der Waals surface area contributed by atoms with Gasteiger partial charge in [0.05, 0.1) is 0 Å². The number of nitrogens with zero attached hydrogens (tertiary/aromatic N) is 3. The van der Waals surface area contributed by atoms with E-state index in [0.29, 0.717) is 17.5 Å². The van der Waals surface area contributed by atoms with Crippen LogP contribution in [0.4, 0.5) is 0 Å². The highest BCUT2D eigenvalue weighted by Crippen LogP contribution is 2.37. The molecule has 0 aliphatic rings. The molecule has 0 amide bonds. The fourth-order valence-electron chi connectivity index (χ4n) is 7.05. The van der Waals surface area contributed by atoms with Gasteiger partial charge in [0.2, 0.25) is 0 Å². The van der Waals surface area contributed by atoms with E-state index in [0.717, 1.165) is 49.4 Å². The minimum Gasteiger partial charge on any atom is -0.456 e. The second kappa shape index (κ2) is 11.0. The van der Waals surface area contributed by atoms with Crippen molar-refractivity contribution in [2.24, 2.45) is 0 Å². The number of fused-ring (bicyclic) bond motifs is 7. The normalized spacial score (nSPS) is 11.7. The third-order valence-electron chi connectivity index (χ3n) is 9.49. The zero-order chi connectivity index (χ0) is 32.3. The number of para-hydroxylation sites is 1. The molecule has 0 radical (unpaired) electrons. The molecule has 0 saturated heterocycles. The van der Waals surface area contributed by atoms with Crippen molar-refractivity contribution < 1.29 is 4.42 Å². The van der Waals surface area contributed by atoms with E-state index in [4.69, 9.17) is 19.4 Å². The van der Waals surface area contributed by atoms with Crippen LogP contribution in [0.25, 0.3) is 99.5 Å². The van der Waals surface area contributed by atoms with Gasteiger partial charge in [-0.3, -0.25) is 0 Å². The molecule has 10 rings (SSSR count). The lowest BCUT2D eigenvalue weighted by Crippen LogP contribution is -2.00. The monoisotopic (exact) mass is 625 g/mol. The third kappa shape index (κ3) is 4.65. The lowest BCUT2D eigenvalue weighted by Gasteiger charge is -2.11. The first kappa shape index (κ1) is 27.5. The van der Waals surface area contributed by atoms with Gasteiger partial charge >= 0.3 is 0 Å². The van der Waals surface area contributed by atoms with Crippen LogP contribution in [0.1, 0.15) is 0 Å². The molecule has 0 atom stereocenters. The molecule has 8 aromatic carbocycles. The van der Waals surface area contributed by atoms with E-state index in [9.17, 15) is 0 Å². The predicted molar refractivity (Wildman–Crippen MR) is 201 cm³/mol. The number of benzene rings is 8. The van der Waals surface area contributed by atoms with Crippen LogP contribution in [0.2, 0.25) is 0 Å². The fraction of sp³-hybridized carbons (Fsp3) is 0. The van der Waals surface area contributed by atoms with Crippen molar-refractivity contribution in [1.29, 1.82) is 0 Å². The van der Waals surface area contributed by atoms with Gasteiger partial charge in [0.25, 0.3) is 0 Å². The van der Waals surface area contributed by atoms with Gasteiger partial charge in [0.1, 0.15) is 11.2 Å². The van der Waals surface area contributed by atoms with Crippen molar-refractivity contribution in [3.8, 4) is 45.3 Å². The molecule has 4 nitrogen and oxygen atoms in total. The molecule has 2 heterocycles. The van der Waals surface area contributed by atoms with Crippen LogP contribution >= 0.6 is 0 Å². The lowest BCUT2D eigenvalue weighted by molar-refractivity contribution is 0.669. The van der Waals surface area contributed by atoms with Crippen molar-refractivity contribution >= 4 is 54.3 Å². The van der Waals surface area contributed by atoms with E-state index in [1.54, 1.807) is 0 Å². The molecule has 0 aliphatic heterocycles. The van der Waals surface area contributed by atoms with Crippen LogP contribution in [-0.2, 0) is 0 Å². The number of hydrogen-bond donors (Lipinski definition) is 0. The summed E-state index contributed by atoms with van der Waals surface area (Å²) in [5.41, 5.74) is 6.77. The topological polar surface area (TPSA) is 51.8 Å².